The van der Waals surface area contributed by atoms with E-state index in [1.165, 1.54) is 10.8 Å². The molecule has 0 amide bonds. The van der Waals surface area contributed by atoms with Crippen LogP contribution in [-0.4, -0.2) is 16.1 Å². The molecule has 1 nitrogen and oxygen atoms in total. The normalized spacial score (nSPS) is 38.6. The lowest BCUT2D eigenvalue weighted by Gasteiger charge is -1.84. The van der Waals surface area contributed by atoms with Crippen LogP contribution in [0.15, 0.2) is 0 Å². The number of hydrogen-bond acceptors (Lipinski definition) is 1. The molecule has 2 unspecified atom stereocenters. The highest BCUT2D eigenvalue weighted by Gasteiger charge is 2.34. The topological polar surface area (TPSA) is 20.2 Å². The summed E-state index contributed by atoms with van der Waals surface area (Å²) in [7, 11) is 0. The number of rotatable bonds is 2. The van der Waals surface area contributed by atoms with Gasteiger partial charge in [0.2, 0.25) is 0 Å². The van der Waals surface area contributed by atoms with Crippen molar-refractivity contribution in [2.45, 2.75) is 6.42 Å². The molecular weight excluding hydrogens is 203 g/mol. The largest absolute Gasteiger partial charge is 0.396 e. The van der Waals surface area contributed by atoms with Gasteiger partial charge in [-0.05, 0) is 18.3 Å². The SMILES string of the molecule is OCC1CC1CI. The van der Waals surface area contributed by atoms with Crippen LogP contribution in [0.5, 0.6) is 0 Å². The molecular formula is C5H9IO. The van der Waals surface area contributed by atoms with Gasteiger partial charge in [0, 0.05) is 11.0 Å². The molecule has 1 fully saturated rings. The average molecular weight is 212 g/mol. The molecule has 2 heteroatoms. The Labute approximate surface area is 57.2 Å². The molecule has 0 bridgehead atoms. The van der Waals surface area contributed by atoms with Gasteiger partial charge >= 0.3 is 0 Å². The summed E-state index contributed by atoms with van der Waals surface area (Å²) in [5.74, 6) is 1.52. The molecule has 1 aliphatic carbocycles. The molecule has 0 heterocycles. The third-order valence-corrected chi connectivity index (χ3v) is 2.63. The highest BCUT2D eigenvalue weighted by Crippen LogP contribution is 2.38. The lowest BCUT2D eigenvalue weighted by Crippen LogP contribution is -1.87. The van der Waals surface area contributed by atoms with Gasteiger partial charge in [-0.15, -0.1) is 0 Å². The van der Waals surface area contributed by atoms with Crippen molar-refractivity contribution < 1.29 is 5.11 Å². The number of alkyl halides is 1. The number of hydrogen-bond donors (Lipinski definition) is 1. The lowest BCUT2D eigenvalue weighted by atomic mass is 10.4. The van der Waals surface area contributed by atoms with E-state index in [4.69, 9.17) is 5.11 Å². The van der Waals surface area contributed by atoms with E-state index in [9.17, 15) is 0 Å². The third-order valence-electron chi connectivity index (χ3n) is 1.50. The summed E-state index contributed by atoms with van der Waals surface area (Å²) in [5, 5.41) is 8.50. The van der Waals surface area contributed by atoms with Gasteiger partial charge in [-0.2, -0.15) is 0 Å². The van der Waals surface area contributed by atoms with Crippen molar-refractivity contribution in [3.05, 3.63) is 0 Å². The summed E-state index contributed by atoms with van der Waals surface area (Å²) >= 11 is 2.37. The van der Waals surface area contributed by atoms with E-state index in [2.05, 4.69) is 22.6 Å². The van der Waals surface area contributed by atoms with E-state index in [1.807, 2.05) is 0 Å². The van der Waals surface area contributed by atoms with Gasteiger partial charge in [0.05, 0.1) is 0 Å². The predicted molar refractivity (Wildman–Crippen MR) is 37.6 cm³/mol. The first kappa shape index (κ1) is 5.82. The maximum atomic E-state index is 8.50. The van der Waals surface area contributed by atoms with E-state index >= 15 is 0 Å². The number of aliphatic hydroxyl groups excluding tert-OH is 1. The molecule has 0 aromatic rings. The van der Waals surface area contributed by atoms with Crippen molar-refractivity contribution in [3.8, 4) is 0 Å². The van der Waals surface area contributed by atoms with Gasteiger partial charge in [-0.3, -0.25) is 0 Å². The van der Waals surface area contributed by atoms with Crippen molar-refractivity contribution in [2.75, 3.05) is 11.0 Å². The highest BCUT2D eigenvalue weighted by molar-refractivity contribution is 14.1. The van der Waals surface area contributed by atoms with Gasteiger partial charge in [0.1, 0.15) is 0 Å². The van der Waals surface area contributed by atoms with Gasteiger partial charge in [-0.25, -0.2) is 0 Å². The zero-order valence-corrected chi connectivity index (χ0v) is 6.26. The summed E-state index contributed by atoms with van der Waals surface area (Å²) in [6.45, 7) is 0.410. The van der Waals surface area contributed by atoms with Crippen molar-refractivity contribution in [1.82, 2.24) is 0 Å². The molecule has 0 spiro atoms. The fourth-order valence-electron chi connectivity index (χ4n) is 0.723. The first-order valence-corrected chi connectivity index (χ1v) is 4.08. The molecule has 42 valence electrons. The van der Waals surface area contributed by atoms with Crippen molar-refractivity contribution in [3.63, 3.8) is 0 Å². The van der Waals surface area contributed by atoms with Crippen LogP contribution in [0.3, 0.4) is 0 Å². The summed E-state index contributed by atoms with van der Waals surface area (Å²) in [4.78, 5) is 0. The Morgan fingerprint density at radius 1 is 1.57 bits per heavy atom. The Kier molecular flexibility index (Phi) is 1.92. The van der Waals surface area contributed by atoms with Crippen LogP contribution in [0.25, 0.3) is 0 Å². The zero-order valence-electron chi connectivity index (χ0n) is 4.10. The van der Waals surface area contributed by atoms with E-state index in [0.29, 0.717) is 12.5 Å². The molecule has 0 aromatic carbocycles. The molecule has 7 heavy (non-hydrogen) atoms. The van der Waals surface area contributed by atoms with Crippen LogP contribution in [0.1, 0.15) is 6.42 Å². The summed E-state index contributed by atoms with van der Waals surface area (Å²) < 4.78 is 1.23. The maximum absolute atomic E-state index is 8.50. The predicted octanol–water partition coefficient (Wildman–Crippen LogP) is 1.05. The minimum Gasteiger partial charge on any atom is -0.396 e. The molecule has 1 N–H and O–H groups in total. The molecule has 0 aliphatic heterocycles. The first-order chi connectivity index (χ1) is 3.38. The minimum atomic E-state index is 0.410. The van der Waals surface area contributed by atoms with Crippen LogP contribution in [-0.2, 0) is 0 Å². The smallest absolute Gasteiger partial charge is 0.0462 e. The van der Waals surface area contributed by atoms with Crippen LogP contribution >= 0.6 is 22.6 Å². The van der Waals surface area contributed by atoms with Gasteiger partial charge in [0.25, 0.3) is 0 Å². The van der Waals surface area contributed by atoms with E-state index < -0.39 is 0 Å². The standard InChI is InChI=1S/C5H9IO/c6-2-4-1-5(4)3-7/h4-5,7H,1-3H2. The fourth-order valence-corrected chi connectivity index (χ4v) is 1.80. The Morgan fingerprint density at radius 3 is 2.43 bits per heavy atom. The van der Waals surface area contributed by atoms with Gasteiger partial charge < -0.3 is 5.11 Å². The van der Waals surface area contributed by atoms with E-state index in [-0.39, 0.29) is 0 Å². The van der Waals surface area contributed by atoms with Crippen molar-refractivity contribution in [2.24, 2.45) is 11.8 Å². The Balaban J connectivity index is 2.06. The summed E-state index contributed by atoms with van der Waals surface area (Å²) in [5.41, 5.74) is 0. The highest BCUT2D eigenvalue weighted by atomic mass is 127. The van der Waals surface area contributed by atoms with Crippen LogP contribution in [0, 0.1) is 11.8 Å². The Bertz CT molecular complexity index is 57.1. The van der Waals surface area contributed by atoms with Crippen molar-refractivity contribution >= 4 is 22.6 Å². The first-order valence-electron chi connectivity index (χ1n) is 2.55. The lowest BCUT2D eigenvalue weighted by molar-refractivity contribution is 0.271. The van der Waals surface area contributed by atoms with E-state index in [0.717, 1.165) is 5.92 Å². The average Bonchev–Trinajstić information content (AvgIpc) is 2.43. The molecule has 1 rings (SSSR count). The monoisotopic (exact) mass is 212 g/mol. The van der Waals surface area contributed by atoms with Crippen LogP contribution in [0.4, 0.5) is 0 Å². The third kappa shape index (κ3) is 1.29. The Morgan fingerprint density at radius 2 is 2.29 bits per heavy atom. The summed E-state index contributed by atoms with van der Waals surface area (Å²) in [6.07, 6.45) is 1.26. The molecule has 1 saturated carbocycles. The second-order valence-electron chi connectivity index (χ2n) is 2.09. The van der Waals surface area contributed by atoms with Gasteiger partial charge in [-0.1, -0.05) is 22.6 Å². The molecule has 1 aliphatic rings. The summed E-state index contributed by atoms with van der Waals surface area (Å²) in [6, 6.07) is 0. The second-order valence-corrected chi connectivity index (χ2v) is 2.97. The van der Waals surface area contributed by atoms with Crippen LogP contribution in [0.2, 0.25) is 0 Å². The molecule has 0 radical (unpaired) electrons. The van der Waals surface area contributed by atoms with Gasteiger partial charge in [0.15, 0.2) is 0 Å². The quantitative estimate of drug-likeness (QED) is 0.535. The zero-order chi connectivity index (χ0) is 5.28. The van der Waals surface area contributed by atoms with Crippen LogP contribution < -0.4 is 0 Å². The number of halogens is 1. The second kappa shape index (κ2) is 2.31. The molecule has 0 aromatic heterocycles. The number of aliphatic hydroxyl groups is 1. The molecule has 2 atom stereocenters. The van der Waals surface area contributed by atoms with E-state index in [1.54, 1.807) is 0 Å². The maximum Gasteiger partial charge on any atom is 0.0462 e. The fraction of sp³-hybridized carbons (Fsp3) is 1.00. The minimum absolute atomic E-state index is 0.410. The molecule has 0 saturated heterocycles. The Hall–Kier alpha value is 0.690. The van der Waals surface area contributed by atoms with Crippen molar-refractivity contribution in [1.29, 1.82) is 0 Å².